The molecule has 0 spiro atoms. The molecule has 0 unspecified atom stereocenters. The van der Waals surface area contributed by atoms with Crippen molar-refractivity contribution in [2.45, 2.75) is 25.0 Å². The van der Waals surface area contributed by atoms with Gasteiger partial charge in [-0.3, -0.25) is 4.79 Å². The van der Waals surface area contributed by atoms with Gasteiger partial charge >= 0.3 is 0 Å². The Bertz CT molecular complexity index is 788. The predicted octanol–water partition coefficient (Wildman–Crippen LogP) is 4.33. The van der Waals surface area contributed by atoms with Crippen molar-refractivity contribution < 1.29 is 4.79 Å². The lowest BCUT2D eigenvalue weighted by Gasteiger charge is -2.24. The highest BCUT2D eigenvalue weighted by atomic mass is 32.2. The van der Waals surface area contributed by atoms with Gasteiger partial charge in [-0.05, 0) is 23.9 Å². The van der Waals surface area contributed by atoms with Gasteiger partial charge in [-0.25, -0.2) is 0 Å². The van der Waals surface area contributed by atoms with E-state index >= 15 is 0 Å². The van der Waals surface area contributed by atoms with Gasteiger partial charge in [0, 0.05) is 23.0 Å². The summed E-state index contributed by atoms with van der Waals surface area (Å²) in [5, 5.41) is 15.2. The van der Waals surface area contributed by atoms with E-state index in [4.69, 9.17) is 0 Å². The van der Waals surface area contributed by atoms with Crippen LogP contribution in [0.2, 0.25) is 0 Å². The maximum atomic E-state index is 12.0. The fourth-order valence-electron chi connectivity index (χ4n) is 2.62. The number of carbonyl (C=O) groups excluding carboxylic acids is 1. The van der Waals surface area contributed by atoms with Gasteiger partial charge in [0.1, 0.15) is 0 Å². The number of allylic oxidation sites excluding steroid dienone is 1. The summed E-state index contributed by atoms with van der Waals surface area (Å²) in [6.07, 6.45) is 0.345. The first-order valence-corrected chi connectivity index (χ1v) is 9.20. The smallest absolute Gasteiger partial charge is 0.225 e. The summed E-state index contributed by atoms with van der Waals surface area (Å²) in [6, 6.07) is 14.5. The van der Waals surface area contributed by atoms with E-state index in [2.05, 4.69) is 36.5 Å². The molecule has 23 heavy (non-hydrogen) atoms. The molecule has 1 aliphatic heterocycles. The van der Waals surface area contributed by atoms with E-state index in [0.717, 1.165) is 10.6 Å². The van der Waals surface area contributed by atoms with Crippen molar-refractivity contribution in [3.63, 3.8) is 0 Å². The zero-order valence-electron chi connectivity index (χ0n) is 12.7. The molecule has 1 aromatic heterocycles. The number of carbonyl (C=O) groups is 1. The summed E-state index contributed by atoms with van der Waals surface area (Å²) in [7, 11) is 0. The van der Waals surface area contributed by atoms with Crippen molar-refractivity contribution in [1.29, 1.82) is 5.26 Å². The average molecular weight is 340 g/mol. The molecular formula is C18H16N2OS2. The Morgan fingerprint density at radius 2 is 2.26 bits per heavy atom. The number of nitrogens with zero attached hydrogens (tertiary/aromatic N) is 1. The van der Waals surface area contributed by atoms with Gasteiger partial charge in [0.05, 0.1) is 16.7 Å². The molecule has 0 saturated heterocycles. The number of hydrogen-bond donors (Lipinski definition) is 1. The van der Waals surface area contributed by atoms with Crippen LogP contribution in [0.4, 0.5) is 0 Å². The molecule has 1 aliphatic rings. The molecule has 0 saturated carbocycles. The maximum Gasteiger partial charge on any atom is 0.225 e. The quantitative estimate of drug-likeness (QED) is 0.901. The fourth-order valence-corrected chi connectivity index (χ4v) is 4.48. The lowest BCUT2D eigenvalue weighted by Crippen LogP contribution is -2.30. The summed E-state index contributed by atoms with van der Waals surface area (Å²) in [6.45, 7) is 2.06. The standard InChI is InChI=1S/C18H16N2OS2/c1-12-4-2-5-13(8-12)11-23-18-15(10-19)14(9-17(21)20-18)16-6-3-7-22-16/h2-8,14H,9,11H2,1H3,(H,20,21)/t14-/m0/s1. The number of rotatable bonds is 4. The van der Waals surface area contributed by atoms with Gasteiger partial charge in [0.2, 0.25) is 5.91 Å². The van der Waals surface area contributed by atoms with Crippen LogP contribution in [-0.2, 0) is 10.5 Å². The summed E-state index contributed by atoms with van der Waals surface area (Å²) in [5.74, 6) is 0.600. The zero-order valence-corrected chi connectivity index (χ0v) is 14.3. The number of amides is 1. The molecule has 0 bridgehead atoms. The van der Waals surface area contributed by atoms with Crippen LogP contribution in [0.1, 0.15) is 28.3 Å². The van der Waals surface area contributed by atoms with Gasteiger partial charge in [-0.2, -0.15) is 5.26 Å². The average Bonchev–Trinajstić information content (AvgIpc) is 3.06. The molecule has 3 rings (SSSR count). The van der Waals surface area contributed by atoms with Crippen LogP contribution >= 0.6 is 23.1 Å². The molecule has 0 radical (unpaired) electrons. The van der Waals surface area contributed by atoms with E-state index in [-0.39, 0.29) is 11.8 Å². The van der Waals surface area contributed by atoms with Gasteiger partial charge in [0.25, 0.3) is 0 Å². The molecule has 2 heterocycles. The lowest BCUT2D eigenvalue weighted by molar-refractivity contribution is -0.120. The first kappa shape index (κ1) is 15.9. The molecular weight excluding hydrogens is 324 g/mol. The van der Waals surface area contributed by atoms with Crippen LogP contribution in [0.25, 0.3) is 0 Å². The molecule has 3 nitrogen and oxygen atoms in total. The number of nitrogens with one attached hydrogen (secondary N) is 1. The van der Waals surface area contributed by atoms with Crippen LogP contribution in [0, 0.1) is 18.3 Å². The van der Waals surface area contributed by atoms with Crippen molar-refractivity contribution in [1.82, 2.24) is 5.32 Å². The van der Waals surface area contributed by atoms with Crippen LogP contribution in [0.5, 0.6) is 0 Å². The highest BCUT2D eigenvalue weighted by molar-refractivity contribution is 8.02. The Kier molecular flexibility index (Phi) is 4.85. The molecule has 116 valence electrons. The van der Waals surface area contributed by atoms with E-state index in [9.17, 15) is 10.1 Å². The minimum atomic E-state index is -0.117. The number of nitriles is 1. The number of benzene rings is 1. The first-order valence-electron chi connectivity index (χ1n) is 7.33. The predicted molar refractivity (Wildman–Crippen MR) is 94.9 cm³/mol. The number of thioether (sulfide) groups is 1. The van der Waals surface area contributed by atoms with Crippen LogP contribution < -0.4 is 5.32 Å². The fraction of sp³-hybridized carbons (Fsp3) is 0.222. The van der Waals surface area contributed by atoms with Crippen molar-refractivity contribution >= 4 is 29.0 Å². The summed E-state index contributed by atoms with van der Waals surface area (Å²) in [4.78, 5) is 13.1. The third-order valence-electron chi connectivity index (χ3n) is 3.71. The maximum absolute atomic E-state index is 12.0. The molecule has 2 aromatic rings. The minimum Gasteiger partial charge on any atom is -0.320 e. The number of thiophene rings is 1. The molecule has 0 aliphatic carbocycles. The number of hydrogen-bond acceptors (Lipinski definition) is 4. The Morgan fingerprint density at radius 1 is 1.39 bits per heavy atom. The second-order valence-corrected chi connectivity index (χ2v) is 7.42. The molecule has 1 N–H and O–H groups in total. The van der Waals surface area contributed by atoms with E-state index < -0.39 is 0 Å². The van der Waals surface area contributed by atoms with Crippen LogP contribution in [-0.4, -0.2) is 5.91 Å². The van der Waals surface area contributed by atoms with E-state index in [0.29, 0.717) is 17.0 Å². The first-order chi connectivity index (χ1) is 11.2. The molecule has 0 fully saturated rings. The van der Waals surface area contributed by atoms with Crippen molar-refractivity contribution in [3.8, 4) is 6.07 Å². The summed E-state index contributed by atoms with van der Waals surface area (Å²) < 4.78 is 0. The largest absolute Gasteiger partial charge is 0.320 e. The third kappa shape index (κ3) is 3.66. The second kappa shape index (κ2) is 7.03. The van der Waals surface area contributed by atoms with Gasteiger partial charge in [-0.1, -0.05) is 35.9 Å². The minimum absolute atomic E-state index is 0.0193. The highest BCUT2D eigenvalue weighted by Crippen LogP contribution is 2.38. The zero-order chi connectivity index (χ0) is 16.2. The van der Waals surface area contributed by atoms with E-state index in [1.807, 2.05) is 23.6 Å². The van der Waals surface area contributed by atoms with Crippen LogP contribution in [0.3, 0.4) is 0 Å². The third-order valence-corrected chi connectivity index (χ3v) is 5.78. The van der Waals surface area contributed by atoms with Crippen molar-refractivity contribution in [2.75, 3.05) is 0 Å². The Balaban J connectivity index is 1.85. The normalized spacial score (nSPS) is 17.7. The topological polar surface area (TPSA) is 52.9 Å². The second-order valence-electron chi connectivity index (χ2n) is 5.45. The molecule has 5 heteroatoms. The Hall–Kier alpha value is -2.03. The van der Waals surface area contributed by atoms with E-state index in [1.54, 1.807) is 11.3 Å². The van der Waals surface area contributed by atoms with Crippen LogP contribution in [0.15, 0.2) is 52.4 Å². The molecule has 1 amide bonds. The van der Waals surface area contributed by atoms with Gasteiger partial charge in [-0.15, -0.1) is 23.1 Å². The molecule has 1 aromatic carbocycles. The summed E-state index contributed by atoms with van der Waals surface area (Å²) in [5.41, 5.74) is 3.07. The lowest BCUT2D eigenvalue weighted by atomic mass is 9.93. The monoisotopic (exact) mass is 340 g/mol. The Labute approximate surface area is 144 Å². The summed E-state index contributed by atoms with van der Waals surface area (Å²) >= 11 is 3.12. The van der Waals surface area contributed by atoms with Gasteiger partial charge in [0.15, 0.2) is 0 Å². The number of aryl methyl sites for hydroxylation is 1. The van der Waals surface area contributed by atoms with Crippen molar-refractivity contribution in [2.24, 2.45) is 0 Å². The van der Waals surface area contributed by atoms with Crippen molar-refractivity contribution in [3.05, 3.63) is 68.4 Å². The molecule has 1 atom stereocenters. The van der Waals surface area contributed by atoms with Gasteiger partial charge < -0.3 is 5.32 Å². The highest BCUT2D eigenvalue weighted by Gasteiger charge is 2.30. The SMILES string of the molecule is Cc1cccc(CSC2=C(C#N)[C@@H](c3cccs3)CC(=O)N2)c1. The Morgan fingerprint density at radius 3 is 2.96 bits per heavy atom. The van der Waals surface area contributed by atoms with E-state index in [1.165, 1.54) is 22.9 Å².